The van der Waals surface area contributed by atoms with Gasteiger partial charge in [-0.15, -0.1) is 0 Å². The van der Waals surface area contributed by atoms with Crippen LogP contribution < -0.4 is 5.73 Å². The second-order valence-electron chi connectivity index (χ2n) is 1.91. The van der Waals surface area contributed by atoms with E-state index in [2.05, 4.69) is 0 Å². The molecule has 0 spiro atoms. The number of phenols is 1. The summed E-state index contributed by atoms with van der Waals surface area (Å²) in [5.74, 6) is -0.479. The minimum absolute atomic E-state index is 0.0521. The van der Waals surface area contributed by atoms with Gasteiger partial charge < -0.3 is 10.8 Å². The van der Waals surface area contributed by atoms with E-state index in [4.69, 9.17) is 10.8 Å². The molecule has 0 aliphatic heterocycles. The van der Waals surface area contributed by atoms with Gasteiger partial charge in [0.2, 0.25) is 5.91 Å². The summed E-state index contributed by atoms with van der Waals surface area (Å²) in [7, 11) is 0. The molecule has 0 fully saturated rings. The number of benzene rings is 1. The fourth-order valence-corrected chi connectivity index (χ4v) is 0.659. The van der Waals surface area contributed by atoms with Crippen LogP contribution in [0, 0.1) is 0 Å². The second kappa shape index (κ2) is 2.39. The normalized spacial score (nSPS) is 9.20. The largest absolute Gasteiger partial charge is 0.508 e. The van der Waals surface area contributed by atoms with Crippen LogP contribution in [0.4, 0.5) is 0 Å². The highest BCUT2D eigenvalue weighted by atomic mass is 16.3. The van der Waals surface area contributed by atoms with Crippen molar-refractivity contribution in [2.45, 2.75) is 0 Å². The first-order valence-electron chi connectivity index (χ1n) is 2.79. The molecule has 0 aliphatic rings. The minimum atomic E-state index is -0.532. The van der Waals surface area contributed by atoms with Gasteiger partial charge in [-0.2, -0.15) is 0 Å². The molecular weight excluding hydrogens is 130 g/mol. The number of phenolic OH excluding ortho intramolecular Hbond substituents is 1. The molecule has 0 atom stereocenters. The third kappa shape index (κ3) is 1.25. The highest BCUT2D eigenvalue weighted by Crippen LogP contribution is 2.09. The van der Waals surface area contributed by atoms with Crippen LogP contribution in [0.25, 0.3) is 0 Å². The molecule has 52 valence electrons. The Morgan fingerprint density at radius 2 is 2.20 bits per heavy atom. The lowest BCUT2D eigenvalue weighted by Crippen LogP contribution is -2.10. The standard InChI is InChI=1S/C7H7NO2/c8-7(10)5-2-1-3-6(9)4-5/h1-4,9H,(H2,8,10). The lowest BCUT2D eigenvalue weighted by atomic mass is 10.2. The van der Waals surface area contributed by atoms with E-state index in [9.17, 15) is 4.79 Å². The molecule has 1 rings (SSSR count). The Morgan fingerprint density at radius 3 is 2.60 bits per heavy atom. The Kier molecular flexibility index (Phi) is 1.58. The summed E-state index contributed by atoms with van der Waals surface area (Å²) in [4.78, 5) is 10.5. The highest BCUT2D eigenvalue weighted by molar-refractivity contribution is 5.93. The molecule has 1 aromatic carbocycles. The van der Waals surface area contributed by atoms with E-state index >= 15 is 0 Å². The van der Waals surface area contributed by atoms with Gasteiger partial charge in [-0.25, -0.2) is 0 Å². The van der Waals surface area contributed by atoms with Crippen molar-refractivity contribution in [1.82, 2.24) is 0 Å². The lowest BCUT2D eigenvalue weighted by molar-refractivity contribution is 0.1000. The zero-order valence-corrected chi connectivity index (χ0v) is 5.24. The van der Waals surface area contributed by atoms with Crippen molar-refractivity contribution in [3.63, 3.8) is 0 Å². The number of hydrogen-bond acceptors (Lipinski definition) is 2. The predicted octanol–water partition coefficient (Wildman–Crippen LogP) is 0.491. The molecular formula is C7H7NO2. The third-order valence-electron chi connectivity index (χ3n) is 1.13. The maximum absolute atomic E-state index is 10.5. The summed E-state index contributed by atoms with van der Waals surface area (Å²) in [5, 5.41) is 8.85. The summed E-state index contributed by atoms with van der Waals surface area (Å²) >= 11 is 0. The van der Waals surface area contributed by atoms with Crippen molar-refractivity contribution < 1.29 is 9.90 Å². The molecule has 0 unspecified atom stereocenters. The Labute approximate surface area is 58.1 Å². The van der Waals surface area contributed by atoms with Crippen molar-refractivity contribution in [2.75, 3.05) is 0 Å². The van der Waals surface area contributed by atoms with Gasteiger partial charge in [0.1, 0.15) is 5.75 Å². The topological polar surface area (TPSA) is 63.3 Å². The number of primary amides is 1. The zero-order chi connectivity index (χ0) is 7.56. The second-order valence-corrected chi connectivity index (χ2v) is 1.91. The lowest BCUT2D eigenvalue weighted by Gasteiger charge is -1.93. The molecule has 1 amide bonds. The predicted molar refractivity (Wildman–Crippen MR) is 36.6 cm³/mol. The van der Waals surface area contributed by atoms with Gasteiger partial charge in [0, 0.05) is 5.56 Å². The number of carbonyl (C=O) groups excluding carboxylic acids is 1. The van der Waals surface area contributed by atoms with Gasteiger partial charge >= 0.3 is 0 Å². The average molecular weight is 137 g/mol. The third-order valence-corrected chi connectivity index (χ3v) is 1.13. The Bertz CT molecular complexity index is 258. The summed E-state index contributed by atoms with van der Waals surface area (Å²) in [5.41, 5.74) is 5.25. The van der Waals surface area contributed by atoms with Crippen LogP contribution in [-0.2, 0) is 0 Å². The van der Waals surface area contributed by atoms with Crippen LogP contribution in [0.2, 0.25) is 0 Å². The zero-order valence-electron chi connectivity index (χ0n) is 5.24. The smallest absolute Gasteiger partial charge is 0.248 e. The Hall–Kier alpha value is -1.51. The molecule has 0 aliphatic carbocycles. The number of aromatic hydroxyl groups is 1. The molecule has 3 N–H and O–H groups in total. The van der Waals surface area contributed by atoms with E-state index in [1.54, 1.807) is 12.1 Å². The van der Waals surface area contributed by atoms with E-state index in [0.717, 1.165) is 0 Å². The summed E-state index contributed by atoms with van der Waals surface area (Å²) < 4.78 is 0. The number of hydrogen-bond donors (Lipinski definition) is 2. The van der Waals surface area contributed by atoms with Gasteiger partial charge in [-0.1, -0.05) is 6.07 Å². The Morgan fingerprint density at radius 1 is 1.50 bits per heavy atom. The molecule has 3 nitrogen and oxygen atoms in total. The SMILES string of the molecule is NC(=O)c1cccc(O)c1. The summed E-state index contributed by atoms with van der Waals surface area (Å²) in [6.07, 6.45) is 0. The molecule has 0 saturated carbocycles. The van der Waals surface area contributed by atoms with Gasteiger partial charge in [0.25, 0.3) is 0 Å². The number of rotatable bonds is 1. The van der Waals surface area contributed by atoms with Crippen molar-refractivity contribution in [3.05, 3.63) is 29.8 Å². The van der Waals surface area contributed by atoms with E-state index < -0.39 is 5.91 Å². The molecule has 0 heterocycles. The minimum Gasteiger partial charge on any atom is -0.508 e. The molecule has 10 heavy (non-hydrogen) atoms. The summed E-state index contributed by atoms with van der Waals surface area (Å²) in [6.45, 7) is 0. The first-order chi connectivity index (χ1) is 4.70. The molecule has 0 radical (unpaired) electrons. The van der Waals surface area contributed by atoms with Crippen LogP contribution in [0.15, 0.2) is 24.3 Å². The maximum Gasteiger partial charge on any atom is 0.248 e. The van der Waals surface area contributed by atoms with Crippen LogP contribution in [0.5, 0.6) is 5.75 Å². The first-order valence-corrected chi connectivity index (χ1v) is 2.79. The van der Waals surface area contributed by atoms with Crippen molar-refractivity contribution in [1.29, 1.82) is 0 Å². The number of nitrogens with two attached hydrogens (primary N) is 1. The van der Waals surface area contributed by atoms with Crippen LogP contribution in [0.3, 0.4) is 0 Å². The molecule has 0 bridgehead atoms. The fourth-order valence-electron chi connectivity index (χ4n) is 0.659. The number of amides is 1. The number of carbonyl (C=O) groups is 1. The van der Waals surface area contributed by atoms with E-state index in [0.29, 0.717) is 5.56 Å². The van der Waals surface area contributed by atoms with E-state index in [1.165, 1.54) is 12.1 Å². The van der Waals surface area contributed by atoms with Crippen molar-refractivity contribution in [2.24, 2.45) is 5.73 Å². The fraction of sp³-hybridized carbons (Fsp3) is 0. The monoisotopic (exact) mass is 137 g/mol. The maximum atomic E-state index is 10.5. The molecule has 0 saturated heterocycles. The average Bonchev–Trinajstić information content (AvgIpc) is 1.88. The van der Waals surface area contributed by atoms with Crippen molar-refractivity contribution in [3.8, 4) is 5.75 Å². The van der Waals surface area contributed by atoms with Crippen LogP contribution in [0.1, 0.15) is 10.4 Å². The van der Waals surface area contributed by atoms with Gasteiger partial charge in [-0.05, 0) is 18.2 Å². The summed E-state index contributed by atoms with van der Waals surface area (Å²) in [6, 6.07) is 5.91. The molecule has 3 heteroatoms. The quantitative estimate of drug-likeness (QED) is 0.591. The van der Waals surface area contributed by atoms with Gasteiger partial charge in [0.15, 0.2) is 0 Å². The highest BCUT2D eigenvalue weighted by Gasteiger charge is 1.98. The molecule has 0 aromatic heterocycles. The van der Waals surface area contributed by atoms with Gasteiger partial charge in [0.05, 0.1) is 0 Å². The first kappa shape index (κ1) is 6.61. The van der Waals surface area contributed by atoms with E-state index in [1.807, 2.05) is 0 Å². The van der Waals surface area contributed by atoms with Crippen molar-refractivity contribution >= 4 is 5.91 Å². The van der Waals surface area contributed by atoms with Crippen LogP contribution >= 0.6 is 0 Å². The Balaban J connectivity index is 3.07. The molecule has 1 aromatic rings. The van der Waals surface area contributed by atoms with E-state index in [-0.39, 0.29) is 5.75 Å². The van der Waals surface area contributed by atoms with Gasteiger partial charge in [-0.3, -0.25) is 4.79 Å². The van der Waals surface area contributed by atoms with Crippen LogP contribution in [-0.4, -0.2) is 11.0 Å².